The number of rotatable bonds is 6. The standard InChI is InChI=1S/C27H36N2O4S/c1-5-34(31)25-13-19(2)12-23(15-25)22-7-6-20(3)24(14-22)16-28-8-11-33-27(17-28)26-18-32-10-9-29(26)21(4)30/h6-7,12-15,26-27H,5,8-11,16-18H2,1-4H3. The molecule has 3 atom stereocenters. The number of morpholine rings is 2. The zero-order chi connectivity index (χ0) is 24.2. The van der Waals surface area contributed by atoms with Crippen LogP contribution in [0, 0.1) is 13.8 Å². The van der Waals surface area contributed by atoms with E-state index in [9.17, 15) is 9.35 Å². The summed E-state index contributed by atoms with van der Waals surface area (Å²) in [4.78, 5) is 17.3. The van der Waals surface area contributed by atoms with Crippen LogP contribution in [0.15, 0.2) is 41.3 Å². The lowest BCUT2D eigenvalue weighted by atomic mass is 9.98. The van der Waals surface area contributed by atoms with Gasteiger partial charge in [0.25, 0.3) is 0 Å². The first kappa shape index (κ1) is 25.2. The van der Waals surface area contributed by atoms with Crippen molar-refractivity contribution in [2.75, 3.05) is 45.2 Å². The molecule has 7 heteroatoms. The number of carbonyl (C=O) groups excluding carboxylic acids is 1. The highest BCUT2D eigenvalue weighted by Gasteiger charge is 2.35. The SMILES string of the molecule is CC[S+]([O-])c1cc(C)cc(-c2ccc(C)c(CN3CCOC(C4COCCN4C(C)=O)C3)c2)c1. The van der Waals surface area contributed by atoms with Gasteiger partial charge in [-0.2, -0.15) is 0 Å². The zero-order valence-electron chi connectivity index (χ0n) is 20.7. The monoisotopic (exact) mass is 484 g/mol. The van der Waals surface area contributed by atoms with Gasteiger partial charge in [0.15, 0.2) is 4.90 Å². The van der Waals surface area contributed by atoms with Crippen LogP contribution in [0.4, 0.5) is 0 Å². The molecular formula is C27H36N2O4S. The Balaban J connectivity index is 1.52. The molecule has 2 aromatic rings. The first-order valence-corrected chi connectivity index (χ1v) is 13.5. The lowest BCUT2D eigenvalue weighted by Gasteiger charge is -2.43. The van der Waals surface area contributed by atoms with Crippen LogP contribution >= 0.6 is 0 Å². The molecule has 2 heterocycles. The highest BCUT2D eigenvalue weighted by molar-refractivity contribution is 7.91. The van der Waals surface area contributed by atoms with E-state index in [0.717, 1.165) is 41.2 Å². The van der Waals surface area contributed by atoms with Crippen molar-refractivity contribution in [1.29, 1.82) is 0 Å². The van der Waals surface area contributed by atoms with Crippen molar-refractivity contribution in [3.63, 3.8) is 0 Å². The van der Waals surface area contributed by atoms with Crippen molar-refractivity contribution in [3.8, 4) is 11.1 Å². The van der Waals surface area contributed by atoms with Crippen molar-refractivity contribution >= 4 is 17.1 Å². The molecular weight excluding hydrogens is 448 g/mol. The second-order valence-corrected chi connectivity index (χ2v) is 11.0. The second-order valence-electron chi connectivity index (χ2n) is 9.31. The lowest BCUT2D eigenvalue weighted by Crippen LogP contribution is -2.59. The number of hydrogen-bond acceptors (Lipinski definition) is 5. The Morgan fingerprint density at radius 2 is 1.94 bits per heavy atom. The lowest BCUT2D eigenvalue weighted by molar-refractivity contribution is -0.151. The predicted molar refractivity (Wildman–Crippen MR) is 135 cm³/mol. The maximum Gasteiger partial charge on any atom is 0.219 e. The summed E-state index contributed by atoms with van der Waals surface area (Å²) in [6, 6.07) is 12.8. The average molecular weight is 485 g/mol. The number of carbonyl (C=O) groups is 1. The third-order valence-electron chi connectivity index (χ3n) is 6.83. The minimum absolute atomic E-state index is 0.0355. The minimum Gasteiger partial charge on any atom is -0.611 e. The van der Waals surface area contributed by atoms with Gasteiger partial charge in [0.1, 0.15) is 5.75 Å². The highest BCUT2D eigenvalue weighted by Crippen LogP contribution is 2.28. The molecule has 2 aliphatic rings. The highest BCUT2D eigenvalue weighted by atomic mass is 32.2. The van der Waals surface area contributed by atoms with Crippen LogP contribution in [0.5, 0.6) is 0 Å². The minimum atomic E-state index is -0.974. The average Bonchev–Trinajstić information content (AvgIpc) is 2.84. The molecule has 0 aromatic heterocycles. The van der Waals surface area contributed by atoms with Crippen molar-refractivity contribution in [3.05, 3.63) is 53.1 Å². The van der Waals surface area contributed by atoms with E-state index in [-0.39, 0.29) is 18.1 Å². The number of benzene rings is 2. The van der Waals surface area contributed by atoms with Crippen LogP contribution in [-0.2, 0) is 32.0 Å². The number of nitrogens with zero attached hydrogens (tertiary/aromatic N) is 2. The Labute approximate surface area is 206 Å². The molecule has 0 aliphatic carbocycles. The second kappa shape index (κ2) is 11.2. The van der Waals surface area contributed by atoms with E-state index < -0.39 is 11.2 Å². The molecule has 0 bridgehead atoms. The van der Waals surface area contributed by atoms with Gasteiger partial charge in [-0.3, -0.25) is 9.69 Å². The molecule has 0 N–H and O–H groups in total. The normalized spacial score (nSPS) is 22.6. The van der Waals surface area contributed by atoms with Crippen LogP contribution < -0.4 is 0 Å². The topological polar surface area (TPSA) is 65.1 Å². The molecule has 0 radical (unpaired) electrons. The molecule has 4 rings (SSSR count). The van der Waals surface area contributed by atoms with E-state index in [1.54, 1.807) is 6.92 Å². The predicted octanol–water partition coefficient (Wildman–Crippen LogP) is 3.55. The maximum atomic E-state index is 12.4. The van der Waals surface area contributed by atoms with E-state index in [0.29, 0.717) is 32.1 Å². The Morgan fingerprint density at radius 3 is 2.71 bits per heavy atom. The zero-order valence-corrected chi connectivity index (χ0v) is 21.5. The molecule has 184 valence electrons. The summed E-state index contributed by atoms with van der Waals surface area (Å²) in [6.07, 6.45) is -0.0511. The maximum absolute atomic E-state index is 12.4. The van der Waals surface area contributed by atoms with E-state index in [4.69, 9.17) is 9.47 Å². The van der Waals surface area contributed by atoms with Crippen LogP contribution in [0.3, 0.4) is 0 Å². The van der Waals surface area contributed by atoms with Gasteiger partial charge in [0, 0.05) is 39.2 Å². The number of aryl methyl sites for hydroxylation is 2. The van der Waals surface area contributed by atoms with Gasteiger partial charge in [-0.1, -0.05) is 18.2 Å². The van der Waals surface area contributed by atoms with E-state index in [1.807, 2.05) is 17.9 Å². The van der Waals surface area contributed by atoms with Gasteiger partial charge in [0.2, 0.25) is 5.91 Å². The summed E-state index contributed by atoms with van der Waals surface area (Å²) in [5, 5.41) is 0. The van der Waals surface area contributed by atoms with Crippen molar-refractivity contribution < 1.29 is 18.8 Å². The molecule has 3 unspecified atom stereocenters. The molecule has 2 fully saturated rings. The van der Waals surface area contributed by atoms with Gasteiger partial charge < -0.3 is 18.9 Å². The van der Waals surface area contributed by atoms with Crippen molar-refractivity contribution in [2.24, 2.45) is 0 Å². The fourth-order valence-electron chi connectivity index (χ4n) is 4.90. The van der Waals surface area contributed by atoms with Crippen LogP contribution in [0.2, 0.25) is 0 Å². The van der Waals surface area contributed by atoms with E-state index in [1.165, 1.54) is 11.1 Å². The Kier molecular flexibility index (Phi) is 8.32. The first-order valence-electron chi connectivity index (χ1n) is 12.1. The molecule has 0 spiro atoms. The molecule has 2 saturated heterocycles. The van der Waals surface area contributed by atoms with Crippen molar-refractivity contribution in [1.82, 2.24) is 9.80 Å². The molecule has 1 amide bonds. The Bertz CT molecular complexity index is 1010. The summed E-state index contributed by atoms with van der Waals surface area (Å²) >= 11 is -0.974. The van der Waals surface area contributed by atoms with Gasteiger partial charge in [0.05, 0.1) is 32.0 Å². The third-order valence-corrected chi connectivity index (χ3v) is 8.11. The van der Waals surface area contributed by atoms with E-state index in [2.05, 4.69) is 49.1 Å². The van der Waals surface area contributed by atoms with Crippen LogP contribution in [-0.4, -0.2) is 77.6 Å². The smallest absolute Gasteiger partial charge is 0.219 e. The third kappa shape index (κ3) is 5.83. The van der Waals surface area contributed by atoms with Crippen molar-refractivity contribution in [2.45, 2.75) is 51.3 Å². The Morgan fingerprint density at radius 1 is 1.12 bits per heavy atom. The van der Waals surface area contributed by atoms with Crippen LogP contribution in [0.1, 0.15) is 30.5 Å². The van der Waals surface area contributed by atoms with Gasteiger partial charge in [-0.25, -0.2) is 0 Å². The summed E-state index contributed by atoms with van der Waals surface area (Å²) < 4.78 is 24.2. The van der Waals surface area contributed by atoms with Gasteiger partial charge in [-0.05, 0) is 71.9 Å². The molecule has 2 aliphatic heterocycles. The molecule has 34 heavy (non-hydrogen) atoms. The fourth-order valence-corrected chi connectivity index (χ4v) is 5.81. The molecule has 6 nitrogen and oxygen atoms in total. The first-order chi connectivity index (χ1) is 16.4. The molecule has 2 aromatic carbocycles. The Hall–Kier alpha value is -1.90. The van der Waals surface area contributed by atoms with E-state index >= 15 is 0 Å². The number of hydrogen-bond donors (Lipinski definition) is 0. The summed E-state index contributed by atoms with van der Waals surface area (Å²) in [7, 11) is 0. The quantitative estimate of drug-likeness (QED) is 0.587. The van der Waals surface area contributed by atoms with Gasteiger partial charge >= 0.3 is 0 Å². The molecule has 0 saturated carbocycles. The van der Waals surface area contributed by atoms with Crippen LogP contribution in [0.25, 0.3) is 11.1 Å². The van der Waals surface area contributed by atoms with Gasteiger partial charge in [-0.15, -0.1) is 0 Å². The number of ether oxygens (including phenoxy) is 2. The fraction of sp³-hybridized carbons (Fsp3) is 0.519. The summed E-state index contributed by atoms with van der Waals surface area (Å²) in [5.74, 6) is 0.701. The largest absolute Gasteiger partial charge is 0.611 e. The summed E-state index contributed by atoms with van der Waals surface area (Å²) in [6.45, 7) is 12.6. The number of amides is 1. The summed E-state index contributed by atoms with van der Waals surface area (Å²) in [5.41, 5.74) is 5.91.